The van der Waals surface area contributed by atoms with Gasteiger partial charge in [0, 0.05) is 6.07 Å². The molecule has 0 spiro atoms. The summed E-state index contributed by atoms with van der Waals surface area (Å²) in [6, 6.07) is 0.894. The van der Waals surface area contributed by atoms with E-state index in [0.717, 1.165) is 10.7 Å². The lowest BCUT2D eigenvalue weighted by Gasteiger charge is -2.22. The zero-order valence-corrected chi connectivity index (χ0v) is 9.01. The van der Waals surface area contributed by atoms with Crippen LogP contribution in [0, 0.1) is 0 Å². The van der Waals surface area contributed by atoms with Gasteiger partial charge in [0.05, 0.1) is 12.6 Å². The highest BCUT2D eigenvalue weighted by Crippen LogP contribution is 2.34. The second-order valence-electron chi connectivity index (χ2n) is 4.15. The van der Waals surface area contributed by atoms with Gasteiger partial charge in [-0.1, -0.05) is 0 Å². The molecule has 15 heavy (non-hydrogen) atoms. The Kier molecular flexibility index (Phi) is 2.71. The lowest BCUT2D eigenvalue weighted by molar-refractivity contribution is -0.146. The molecule has 0 aliphatic rings. The summed E-state index contributed by atoms with van der Waals surface area (Å²) in [5.74, 6) is -0.0303. The SMILES string of the molecule is COc1cc(C(F)(F)F)n(C(C)(C)C)n1. The summed E-state index contributed by atoms with van der Waals surface area (Å²) in [7, 11) is 1.29. The van der Waals surface area contributed by atoms with E-state index in [9.17, 15) is 13.2 Å². The van der Waals surface area contributed by atoms with Crippen LogP contribution in [-0.2, 0) is 11.7 Å². The van der Waals surface area contributed by atoms with Gasteiger partial charge in [-0.2, -0.15) is 13.2 Å². The molecule has 0 N–H and O–H groups in total. The Hall–Kier alpha value is -1.20. The number of rotatable bonds is 1. The summed E-state index contributed by atoms with van der Waals surface area (Å²) >= 11 is 0. The van der Waals surface area contributed by atoms with Crippen LogP contribution in [0.15, 0.2) is 6.07 Å². The van der Waals surface area contributed by atoms with E-state index in [1.54, 1.807) is 20.8 Å². The minimum atomic E-state index is -4.42. The molecule has 1 rings (SSSR count). The molecule has 0 atom stereocenters. The van der Waals surface area contributed by atoms with E-state index in [-0.39, 0.29) is 5.88 Å². The van der Waals surface area contributed by atoms with Crippen LogP contribution in [0.1, 0.15) is 26.5 Å². The van der Waals surface area contributed by atoms with Gasteiger partial charge in [0.15, 0.2) is 0 Å². The largest absolute Gasteiger partial charge is 0.480 e. The van der Waals surface area contributed by atoms with Gasteiger partial charge in [0.2, 0.25) is 5.88 Å². The van der Waals surface area contributed by atoms with Crippen LogP contribution in [0.2, 0.25) is 0 Å². The van der Waals surface area contributed by atoms with E-state index < -0.39 is 17.4 Å². The van der Waals surface area contributed by atoms with Crippen LogP contribution in [-0.4, -0.2) is 16.9 Å². The number of hydrogen-bond donors (Lipinski definition) is 0. The van der Waals surface area contributed by atoms with E-state index >= 15 is 0 Å². The van der Waals surface area contributed by atoms with Gasteiger partial charge >= 0.3 is 6.18 Å². The van der Waals surface area contributed by atoms with Crippen LogP contribution in [0.25, 0.3) is 0 Å². The topological polar surface area (TPSA) is 27.1 Å². The van der Waals surface area contributed by atoms with Crippen LogP contribution in [0.3, 0.4) is 0 Å². The summed E-state index contributed by atoms with van der Waals surface area (Å²) < 4.78 is 43.5. The number of halogens is 3. The molecule has 0 radical (unpaired) electrons. The average Bonchev–Trinajstić information content (AvgIpc) is 2.44. The van der Waals surface area contributed by atoms with Gasteiger partial charge < -0.3 is 4.74 Å². The van der Waals surface area contributed by atoms with E-state index in [0.29, 0.717) is 0 Å². The Bertz CT molecular complexity index is 318. The molecule has 0 unspecified atom stereocenters. The quantitative estimate of drug-likeness (QED) is 0.730. The minimum Gasteiger partial charge on any atom is -0.480 e. The van der Waals surface area contributed by atoms with E-state index in [4.69, 9.17) is 4.74 Å². The third-order valence-electron chi connectivity index (χ3n) is 1.82. The van der Waals surface area contributed by atoms with Crippen LogP contribution < -0.4 is 4.74 Å². The van der Waals surface area contributed by atoms with Crippen LogP contribution >= 0.6 is 0 Å². The molecule has 1 aromatic heterocycles. The maximum atomic E-state index is 12.6. The molecule has 0 aliphatic heterocycles. The third-order valence-corrected chi connectivity index (χ3v) is 1.82. The summed E-state index contributed by atoms with van der Waals surface area (Å²) in [5.41, 5.74) is -1.53. The molecule has 0 saturated heterocycles. The second-order valence-corrected chi connectivity index (χ2v) is 4.15. The maximum absolute atomic E-state index is 12.6. The number of alkyl halides is 3. The van der Waals surface area contributed by atoms with Gasteiger partial charge in [-0.15, -0.1) is 5.10 Å². The van der Waals surface area contributed by atoms with E-state index in [1.165, 1.54) is 7.11 Å². The van der Waals surface area contributed by atoms with E-state index in [2.05, 4.69) is 5.10 Å². The summed E-state index contributed by atoms with van der Waals surface area (Å²) in [6.45, 7) is 4.94. The fourth-order valence-corrected chi connectivity index (χ4v) is 1.17. The van der Waals surface area contributed by atoms with Gasteiger partial charge in [-0.25, -0.2) is 0 Å². The first kappa shape index (κ1) is 11.9. The van der Waals surface area contributed by atoms with Gasteiger partial charge in [-0.05, 0) is 20.8 Å². The number of hydrogen-bond acceptors (Lipinski definition) is 2. The zero-order chi connectivity index (χ0) is 11.9. The standard InChI is InChI=1S/C9H13F3N2O/c1-8(2,3)14-6(9(10,11)12)5-7(13-14)15-4/h5H,1-4H3. The van der Waals surface area contributed by atoms with Crippen molar-refractivity contribution in [2.24, 2.45) is 0 Å². The van der Waals surface area contributed by atoms with Gasteiger partial charge in [0.1, 0.15) is 5.69 Å². The van der Waals surface area contributed by atoms with Gasteiger partial charge in [-0.3, -0.25) is 4.68 Å². The Morgan fingerprint density at radius 2 is 1.80 bits per heavy atom. The number of nitrogens with zero attached hydrogens (tertiary/aromatic N) is 2. The van der Waals surface area contributed by atoms with Crippen molar-refractivity contribution < 1.29 is 17.9 Å². The Morgan fingerprint density at radius 1 is 1.27 bits per heavy atom. The minimum absolute atomic E-state index is 0.0303. The third kappa shape index (κ3) is 2.43. The number of methoxy groups -OCH3 is 1. The highest BCUT2D eigenvalue weighted by Gasteiger charge is 2.38. The molecule has 86 valence electrons. The lowest BCUT2D eigenvalue weighted by atomic mass is 10.1. The fraction of sp³-hybridized carbons (Fsp3) is 0.667. The predicted octanol–water partition coefficient (Wildman–Crippen LogP) is 2.67. The number of aromatic nitrogens is 2. The highest BCUT2D eigenvalue weighted by atomic mass is 19.4. The molecule has 0 amide bonds. The molecule has 0 aromatic carbocycles. The molecular weight excluding hydrogens is 209 g/mol. The zero-order valence-electron chi connectivity index (χ0n) is 9.01. The monoisotopic (exact) mass is 222 g/mol. The maximum Gasteiger partial charge on any atom is 0.433 e. The van der Waals surface area contributed by atoms with Crippen molar-refractivity contribution in [2.45, 2.75) is 32.5 Å². The van der Waals surface area contributed by atoms with Crippen molar-refractivity contribution in [2.75, 3.05) is 7.11 Å². The molecule has 0 fully saturated rings. The smallest absolute Gasteiger partial charge is 0.433 e. The molecule has 1 heterocycles. The summed E-state index contributed by atoms with van der Waals surface area (Å²) in [6.07, 6.45) is -4.42. The first-order valence-electron chi connectivity index (χ1n) is 4.38. The number of ether oxygens (including phenoxy) is 1. The summed E-state index contributed by atoms with van der Waals surface area (Å²) in [4.78, 5) is 0. The first-order chi connectivity index (χ1) is 6.66. The molecule has 0 saturated carbocycles. The molecule has 6 heteroatoms. The fourth-order valence-electron chi connectivity index (χ4n) is 1.17. The van der Waals surface area contributed by atoms with Crippen molar-refractivity contribution in [3.05, 3.63) is 11.8 Å². The molecule has 1 aromatic rings. The molecule has 0 bridgehead atoms. The predicted molar refractivity (Wildman–Crippen MR) is 48.8 cm³/mol. The highest BCUT2D eigenvalue weighted by molar-refractivity contribution is 5.19. The second kappa shape index (κ2) is 3.43. The first-order valence-corrected chi connectivity index (χ1v) is 4.38. The van der Waals surface area contributed by atoms with Gasteiger partial charge in [0.25, 0.3) is 0 Å². The van der Waals surface area contributed by atoms with Crippen LogP contribution in [0.4, 0.5) is 13.2 Å². The Morgan fingerprint density at radius 3 is 2.07 bits per heavy atom. The van der Waals surface area contributed by atoms with Crippen molar-refractivity contribution in [3.8, 4) is 5.88 Å². The Labute approximate surface area is 85.8 Å². The average molecular weight is 222 g/mol. The molecule has 3 nitrogen and oxygen atoms in total. The van der Waals surface area contributed by atoms with Crippen molar-refractivity contribution in [3.63, 3.8) is 0 Å². The Balaban J connectivity index is 3.31. The van der Waals surface area contributed by atoms with E-state index in [1.807, 2.05) is 0 Å². The van der Waals surface area contributed by atoms with Crippen molar-refractivity contribution >= 4 is 0 Å². The summed E-state index contributed by atoms with van der Waals surface area (Å²) in [5, 5.41) is 3.74. The molecular formula is C9H13F3N2O. The van der Waals surface area contributed by atoms with Crippen molar-refractivity contribution in [1.82, 2.24) is 9.78 Å². The van der Waals surface area contributed by atoms with Crippen molar-refractivity contribution in [1.29, 1.82) is 0 Å². The normalized spacial score (nSPS) is 13.0. The lowest BCUT2D eigenvalue weighted by Crippen LogP contribution is -2.28. The van der Waals surface area contributed by atoms with Crippen LogP contribution in [0.5, 0.6) is 5.88 Å². The molecule has 0 aliphatic carbocycles.